The fraction of sp³-hybridized carbons (Fsp3) is 0.0870. The fourth-order valence-electron chi connectivity index (χ4n) is 3.38. The molecule has 4 rings (SSSR count). The molecule has 0 amide bonds. The molecule has 0 heterocycles. The molecule has 2 N–H and O–H groups in total. The molecule has 0 spiro atoms. The number of thiocarbonyl (C=S) groups is 1. The summed E-state index contributed by atoms with van der Waals surface area (Å²) >= 11 is 5.38. The predicted octanol–water partition coefficient (Wildman–Crippen LogP) is 3.99. The summed E-state index contributed by atoms with van der Waals surface area (Å²) in [4.78, 5) is 25.8. The molecule has 0 aliphatic heterocycles. The van der Waals surface area contributed by atoms with E-state index >= 15 is 0 Å². The Balaban J connectivity index is 1.51. The van der Waals surface area contributed by atoms with Gasteiger partial charge in [-0.1, -0.05) is 66.7 Å². The molecular formula is C23H18N2O2S. The molecule has 4 nitrogen and oxygen atoms in total. The summed E-state index contributed by atoms with van der Waals surface area (Å²) in [6.45, 7) is 0.667. The van der Waals surface area contributed by atoms with Crippen LogP contribution >= 0.6 is 12.2 Å². The first-order valence-electron chi connectivity index (χ1n) is 9.05. The highest BCUT2D eigenvalue weighted by molar-refractivity contribution is 7.80. The number of benzene rings is 3. The Morgan fingerprint density at radius 1 is 0.750 bits per heavy atom. The second kappa shape index (κ2) is 7.74. The highest BCUT2D eigenvalue weighted by Gasteiger charge is 2.31. The lowest BCUT2D eigenvalue weighted by molar-refractivity contribution is 0.0979. The van der Waals surface area contributed by atoms with E-state index in [4.69, 9.17) is 12.2 Å². The van der Waals surface area contributed by atoms with Gasteiger partial charge in [0.05, 0.1) is 11.3 Å². The lowest BCUT2D eigenvalue weighted by Crippen LogP contribution is -2.31. The normalized spacial score (nSPS) is 12.1. The molecule has 0 aromatic heterocycles. The Bertz CT molecular complexity index is 1080. The van der Waals surface area contributed by atoms with Crippen molar-refractivity contribution in [2.45, 2.75) is 6.42 Å². The standard InChI is InChI=1S/C23H18N2O2S/c26-21-16-9-4-5-10-17(16)22(27)20-18(21)11-6-12-19(20)25-23(28)24-14-13-15-7-2-1-3-8-15/h1-12H,13-14H2,(H2,24,25,28). The van der Waals surface area contributed by atoms with Crippen LogP contribution in [-0.4, -0.2) is 23.2 Å². The van der Waals surface area contributed by atoms with Gasteiger partial charge in [-0.3, -0.25) is 9.59 Å². The highest BCUT2D eigenvalue weighted by Crippen LogP contribution is 2.31. The Morgan fingerprint density at radius 2 is 1.39 bits per heavy atom. The molecule has 0 saturated carbocycles. The SMILES string of the molecule is O=C1c2ccccc2C(=O)c2c(NC(=S)NCCc3ccccc3)cccc21. The van der Waals surface area contributed by atoms with Gasteiger partial charge >= 0.3 is 0 Å². The molecule has 0 radical (unpaired) electrons. The van der Waals surface area contributed by atoms with Gasteiger partial charge in [0.1, 0.15) is 0 Å². The first-order chi connectivity index (χ1) is 13.6. The molecule has 1 aliphatic rings. The molecular weight excluding hydrogens is 368 g/mol. The van der Waals surface area contributed by atoms with Gasteiger partial charge in [0, 0.05) is 23.2 Å². The van der Waals surface area contributed by atoms with E-state index < -0.39 is 0 Å². The van der Waals surface area contributed by atoms with Crippen molar-refractivity contribution in [2.24, 2.45) is 0 Å². The third kappa shape index (κ3) is 3.44. The second-order valence-electron chi connectivity index (χ2n) is 6.55. The van der Waals surface area contributed by atoms with Gasteiger partial charge in [-0.05, 0) is 30.3 Å². The molecule has 3 aromatic rings. The van der Waals surface area contributed by atoms with Crippen LogP contribution in [0.1, 0.15) is 37.4 Å². The van der Waals surface area contributed by atoms with E-state index in [-0.39, 0.29) is 11.6 Å². The smallest absolute Gasteiger partial charge is 0.196 e. The van der Waals surface area contributed by atoms with Crippen molar-refractivity contribution < 1.29 is 9.59 Å². The monoisotopic (exact) mass is 386 g/mol. The summed E-state index contributed by atoms with van der Waals surface area (Å²) in [5.74, 6) is -0.308. The minimum atomic E-state index is -0.166. The number of fused-ring (bicyclic) bond motifs is 2. The van der Waals surface area contributed by atoms with Gasteiger partial charge in [-0.2, -0.15) is 0 Å². The van der Waals surface area contributed by atoms with Gasteiger partial charge in [-0.15, -0.1) is 0 Å². The van der Waals surface area contributed by atoms with Crippen LogP contribution in [0.5, 0.6) is 0 Å². The Morgan fingerprint density at radius 3 is 2.14 bits per heavy atom. The van der Waals surface area contributed by atoms with Crippen molar-refractivity contribution in [1.29, 1.82) is 0 Å². The summed E-state index contributed by atoms with van der Waals surface area (Å²) < 4.78 is 0. The van der Waals surface area contributed by atoms with Crippen molar-refractivity contribution >= 4 is 34.6 Å². The van der Waals surface area contributed by atoms with Crippen LogP contribution < -0.4 is 10.6 Å². The third-order valence-electron chi connectivity index (χ3n) is 4.74. The van der Waals surface area contributed by atoms with Crippen LogP contribution in [0.3, 0.4) is 0 Å². The van der Waals surface area contributed by atoms with Gasteiger partial charge in [0.15, 0.2) is 16.7 Å². The minimum Gasteiger partial charge on any atom is -0.362 e. The lowest BCUT2D eigenvalue weighted by Gasteiger charge is -2.21. The fourth-order valence-corrected chi connectivity index (χ4v) is 3.59. The van der Waals surface area contributed by atoms with Crippen LogP contribution in [0.15, 0.2) is 72.8 Å². The van der Waals surface area contributed by atoms with E-state index in [0.29, 0.717) is 39.6 Å². The van der Waals surface area contributed by atoms with E-state index in [1.807, 2.05) is 18.2 Å². The van der Waals surface area contributed by atoms with Gasteiger partial charge in [-0.25, -0.2) is 0 Å². The van der Waals surface area contributed by atoms with Crippen LogP contribution in [-0.2, 0) is 6.42 Å². The number of hydrogen-bond donors (Lipinski definition) is 2. The molecule has 5 heteroatoms. The maximum absolute atomic E-state index is 13.0. The van der Waals surface area contributed by atoms with E-state index in [1.54, 1.807) is 42.5 Å². The number of carbonyl (C=O) groups excluding carboxylic acids is 2. The van der Waals surface area contributed by atoms with Gasteiger partial charge < -0.3 is 10.6 Å². The minimum absolute atomic E-state index is 0.142. The molecule has 0 bridgehead atoms. The Hall–Kier alpha value is -3.31. The largest absolute Gasteiger partial charge is 0.362 e. The average molecular weight is 386 g/mol. The summed E-state index contributed by atoms with van der Waals surface area (Å²) in [5, 5.41) is 6.66. The number of ketones is 2. The van der Waals surface area contributed by atoms with Crippen LogP contribution in [0.25, 0.3) is 0 Å². The summed E-state index contributed by atoms with van der Waals surface area (Å²) in [6, 6.07) is 22.2. The van der Waals surface area contributed by atoms with Gasteiger partial charge in [0.25, 0.3) is 0 Å². The first kappa shape index (κ1) is 18.1. The average Bonchev–Trinajstić information content (AvgIpc) is 2.73. The summed E-state index contributed by atoms with van der Waals surface area (Å²) in [7, 11) is 0. The highest BCUT2D eigenvalue weighted by atomic mass is 32.1. The van der Waals surface area contributed by atoms with Crippen molar-refractivity contribution in [3.63, 3.8) is 0 Å². The van der Waals surface area contributed by atoms with Crippen molar-refractivity contribution in [3.8, 4) is 0 Å². The zero-order chi connectivity index (χ0) is 19.5. The molecule has 3 aromatic carbocycles. The van der Waals surface area contributed by atoms with Gasteiger partial charge in [0.2, 0.25) is 0 Å². The Labute approximate surface area is 168 Å². The number of carbonyl (C=O) groups is 2. The van der Waals surface area contributed by atoms with Crippen molar-refractivity contribution in [2.75, 3.05) is 11.9 Å². The molecule has 0 atom stereocenters. The number of nitrogens with one attached hydrogen (secondary N) is 2. The summed E-state index contributed by atoms with van der Waals surface area (Å²) in [5.41, 5.74) is 3.41. The summed E-state index contributed by atoms with van der Waals surface area (Å²) in [6.07, 6.45) is 0.834. The molecule has 28 heavy (non-hydrogen) atoms. The zero-order valence-electron chi connectivity index (χ0n) is 15.1. The first-order valence-corrected chi connectivity index (χ1v) is 9.46. The molecule has 0 unspecified atom stereocenters. The predicted molar refractivity (Wildman–Crippen MR) is 114 cm³/mol. The quantitative estimate of drug-likeness (QED) is 0.520. The number of anilines is 1. The topological polar surface area (TPSA) is 58.2 Å². The number of hydrogen-bond acceptors (Lipinski definition) is 3. The Kier molecular flexibility index (Phi) is 5.00. The second-order valence-corrected chi connectivity index (χ2v) is 6.96. The van der Waals surface area contributed by atoms with Crippen LogP contribution in [0.2, 0.25) is 0 Å². The van der Waals surface area contributed by atoms with E-state index in [1.165, 1.54) is 5.56 Å². The van der Waals surface area contributed by atoms with Crippen molar-refractivity contribution in [1.82, 2.24) is 5.32 Å². The van der Waals surface area contributed by atoms with E-state index in [9.17, 15) is 9.59 Å². The molecule has 138 valence electrons. The maximum Gasteiger partial charge on any atom is 0.196 e. The molecule has 1 aliphatic carbocycles. The van der Waals surface area contributed by atoms with Crippen molar-refractivity contribution in [3.05, 3.63) is 101 Å². The molecule has 0 fully saturated rings. The molecule has 0 saturated heterocycles. The van der Waals surface area contributed by atoms with E-state index in [2.05, 4.69) is 22.8 Å². The number of rotatable bonds is 4. The van der Waals surface area contributed by atoms with E-state index in [0.717, 1.165) is 6.42 Å². The third-order valence-corrected chi connectivity index (χ3v) is 4.99. The van der Waals surface area contributed by atoms with Crippen LogP contribution in [0, 0.1) is 0 Å². The van der Waals surface area contributed by atoms with Crippen LogP contribution in [0.4, 0.5) is 5.69 Å². The lowest BCUT2D eigenvalue weighted by atomic mass is 9.83. The zero-order valence-corrected chi connectivity index (χ0v) is 15.9. The maximum atomic E-state index is 13.0.